The number of halogens is 2. The normalized spacial score (nSPS) is 24.3. The third kappa shape index (κ3) is 18.1. The summed E-state index contributed by atoms with van der Waals surface area (Å²) in [6, 6.07) is 0. The van der Waals surface area contributed by atoms with Gasteiger partial charge in [-0.05, 0) is 154 Å². The van der Waals surface area contributed by atoms with Gasteiger partial charge in [-0.15, -0.1) is 0 Å². The summed E-state index contributed by atoms with van der Waals surface area (Å²) in [4.78, 5) is 0. The molecule has 2 nitrogen and oxygen atoms in total. The molecule has 6 rings (SSSR count). The standard InChI is InChI=1S/2C18H33P.2C2H4N.2ClH.Ru/c2*1-4-10-16(11-5-1)19(17-12-6-2-7-13-17)18-14-8-3-9-15-18;2*1-2-3;;;/h2*16-18H,1-15H2;2*2H,1H3;2*1H;/q;;2*-1;;;+4. The average Bonchev–Trinajstić information content (AvgIpc) is 3.13. The van der Waals surface area contributed by atoms with Crippen molar-refractivity contribution in [2.24, 2.45) is 0 Å². The summed E-state index contributed by atoms with van der Waals surface area (Å²) in [6.07, 6.45) is 49.6. The quantitative estimate of drug-likeness (QED) is 0.146. The molecule has 6 aliphatic rings. The third-order valence-electron chi connectivity index (χ3n) is 12.5. The van der Waals surface area contributed by atoms with E-state index in [0.717, 1.165) is 12.4 Å². The molecule has 0 aromatic rings. The zero-order valence-corrected chi connectivity index (χ0v) is 36.1. The molecule has 0 amide bonds. The van der Waals surface area contributed by atoms with E-state index in [2.05, 4.69) is 0 Å². The van der Waals surface area contributed by atoms with Crippen LogP contribution in [0.3, 0.4) is 0 Å². The molecule has 0 bridgehead atoms. The van der Waals surface area contributed by atoms with E-state index in [1.165, 1.54) is 34.0 Å². The molecule has 0 saturated heterocycles. The molecule has 276 valence electrons. The molecule has 0 unspecified atom stereocenters. The van der Waals surface area contributed by atoms with Crippen molar-refractivity contribution in [2.75, 3.05) is 0 Å². The minimum absolute atomic E-state index is 0.0465. The van der Waals surface area contributed by atoms with Gasteiger partial charge in [-0.2, -0.15) is 0 Å². The Morgan fingerprint density at radius 1 is 0.362 bits per heavy atom. The van der Waals surface area contributed by atoms with Crippen molar-refractivity contribution in [3.05, 3.63) is 10.8 Å². The molecule has 6 aliphatic carbocycles. The van der Waals surface area contributed by atoms with Gasteiger partial charge >= 0.3 is 34.5 Å². The SMILES string of the molecule is C1CCC([PH+](C2CCCCC2)C2CCCCC2)CC1.C1CCC([PH+](C2CCCCC2)C2CCCCC2)CC1.CC=[N-].CC=[N-].[Cl][Ru+2][Cl]. The summed E-state index contributed by atoms with van der Waals surface area (Å²) in [6.45, 7) is 3.11. The third-order valence-corrected chi connectivity index (χ3v) is 21.6. The van der Waals surface area contributed by atoms with Crippen molar-refractivity contribution >= 4 is 47.7 Å². The van der Waals surface area contributed by atoms with Crippen LogP contribution in [-0.4, -0.2) is 46.4 Å². The van der Waals surface area contributed by atoms with Crippen LogP contribution < -0.4 is 0 Å². The predicted octanol–water partition coefficient (Wildman–Crippen LogP) is 15.1. The molecule has 6 saturated carbocycles. The zero-order chi connectivity index (χ0) is 34.0. The Hall–Kier alpha value is 1.40. The Morgan fingerprint density at radius 3 is 0.574 bits per heavy atom. The second-order valence-corrected chi connectivity index (χ2v) is 25.1. The van der Waals surface area contributed by atoms with Gasteiger partial charge in [0.15, 0.2) is 0 Å². The van der Waals surface area contributed by atoms with Gasteiger partial charge in [-0.1, -0.05) is 52.4 Å². The molecule has 0 aromatic carbocycles. The molecule has 0 spiro atoms. The van der Waals surface area contributed by atoms with E-state index in [-0.39, 0.29) is 31.0 Å². The van der Waals surface area contributed by atoms with Crippen LogP contribution in [0, 0.1) is 0 Å². The van der Waals surface area contributed by atoms with E-state index in [9.17, 15) is 0 Å². The fourth-order valence-corrected chi connectivity index (χ4v) is 21.1. The summed E-state index contributed by atoms with van der Waals surface area (Å²) < 4.78 is 0. The fourth-order valence-electron chi connectivity index (χ4n) is 10.6. The van der Waals surface area contributed by atoms with E-state index in [1.807, 2.05) is 0 Å². The van der Waals surface area contributed by atoms with Crippen molar-refractivity contribution in [1.82, 2.24) is 0 Å². The molecule has 47 heavy (non-hydrogen) atoms. The van der Waals surface area contributed by atoms with E-state index < -0.39 is 0 Å². The van der Waals surface area contributed by atoms with Gasteiger partial charge in [0.1, 0.15) is 0 Å². The van der Waals surface area contributed by atoms with Crippen molar-refractivity contribution < 1.29 is 15.1 Å². The molecule has 0 atom stereocenters. The Morgan fingerprint density at radius 2 is 0.468 bits per heavy atom. The Balaban J connectivity index is 0.000000262. The van der Waals surface area contributed by atoms with Gasteiger partial charge in [-0.25, -0.2) is 12.4 Å². The van der Waals surface area contributed by atoms with Gasteiger partial charge in [0.05, 0.1) is 34.0 Å². The first-order chi connectivity index (χ1) is 23.1. The molecule has 0 heterocycles. The van der Waals surface area contributed by atoms with Gasteiger partial charge in [0.25, 0.3) is 0 Å². The Labute approximate surface area is 312 Å². The maximum absolute atomic E-state index is 7.44. The van der Waals surface area contributed by atoms with Crippen molar-refractivity contribution in [2.45, 2.75) is 240 Å². The maximum atomic E-state index is 7.44. The zero-order valence-electron chi connectivity index (χ0n) is 30.8. The average molecular weight is 819 g/mol. The van der Waals surface area contributed by atoms with Crippen LogP contribution in [0.15, 0.2) is 0 Å². The van der Waals surface area contributed by atoms with Crippen LogP contribution in [0.5, 0.6) is 0 Å². The second-order valence-electron chi connectivity index (χ2n) is 15.6. The predicted molar refractivity (Wildman–Crippen MR) is 220 cm³/mol. The summed E-state index contributed by atoms with van der Waals surface area (Å²) >= 11 is -0.346. The second kappa shape index (κ2) is 29.9. The number of hydrogen-bond acceptors (Lipinski definition) is 0. The van der Waals surface area contributed by atoms with Crippen molar-refractivity contribution in [3.63, 3.8) is 0 Å². The van der Waals surface area contributed by atoms with Crippen LogP contribution in [0.4, 0.5) is 0 Å². The molecular formula is C40H76Cl2N2P2Ru+2. The number of hydrogen-bond donors (Lipinski definition) is 0. The molecule has 0 radical (unpaired) electrons. The van der Waals surface area contributed by atoms with Crippen molar-refractivity contribution in [3.8, 4) is 0 Å². The summed E-state index contributed by atoms with van der Waals surface area (Å²) in [5, 5.41) is 14.9. The molecule has 0 aromatic heterocycles. The molecule has 0 N–H and O–H groups in total. The summed E-state index contributed by atoms with van der Waals surface area (Å²) in [5.74, 6) is 0. The van der Waals surface area contributed by atoms with E-state index >= 15 is 0 Å². The molecule has 6 fully saturated rings. The van der Waals surface area contributed by atoms with Crippen LogP contribution >= 0.6 is 35.2 Å². The van der Waals surface area contributed by atoms with E-state index in [0.29, 0.717) is 0 Å². The first-order valence-electron chi connectivity index (χ1n) is 20.6. The Kier molecular flexibility index (Phi) is 28.4. The van der Waals surface area contributed by atoms with Crippen LogP contribution in [0.25, 0.3) is 10.8 Å². The molecule has 7 heteroatoms. The van der Waals surface area contributed by atoms with Gasteiger partial charge < -0.3 is 10.8 Å². The van der Waals surface area contributed by atoms with E-state index in [4.69, 9.17) is 30.2 Å². The topological polar surface area (TPSA) is 44.6 Å². The van der Waals surface area contributed by atoms with Crippen LogP contribution in [-0.2, 0) is 15.1 Å². The minimum atomic E-state index is -0.346. The van der Waals surface area contributed by atoms with Crippen LogP contribution in [0.1, 0.15) is 206 Å². The molecular weight excluding hydrogens is 742 g/mol. The first-order valence-corrected chi connectivity index (χ1v) is 28.5. The summed E-state index contributed by atoms with van der Waals surface area (Å²) in [7, 11) is 9.61. The summed E-state index contributed by atoms with van der Waals surface area (Å²) in [5.41, 5.74) is 7.36. The van der Waals surface area contributed by atoms with Gasteiger partial charge in [-0.3, -0.25) is 0 Å². The monoisotopic (exact) mass is 818 g/mol. The number of rotatable bonds is 6. The van der Waals surface area contributed by atoms with Gasteiger partial charge in [0.2, 0.25) is 0 Å². The first kappa shape index (κ1) is 44.6. The molecule has 0 aliphatic heterocycles. The Bertz CT molecular complexity index is 580. The number of nitrogens with zero attached hydrogens (tertiary/aromatic N) is 2. The van der Waals surface area contributed by atoms with E-state index in [1.54, 1.807) is 206 Å². The van der Waals surface area contributed by atoms with Gasteiger partial charge in [0, 0.05) is 15.8 Å². The van der Waals surface area contributed by atoms with Crippen LogP contribution in [0.2, 0.25) is 0 Å². The van der Waals surface area contributed by atoms with Crippen molar-refractivity contribution in [1.29, 1.82) is 0 Å². The fraction of sp³-hybridized carbons (Fsp3) is 0.950.